The minimum Gasteiger partial charge on any atom is -0.462 e. The van der Waals surface area contributed by atoms with Gasteiger partial charge in [0.05, 0.1) is 0 Å². The Morgan fingerprint density at radius 3 is 0.881 bits per heavy atom. The Morgan fingerprint density at radius 2 is 0.537 bits per heavy atom. The van der Waals surface area contributed by atoms with E-state index < -0.39 is 6.10 Å². The summed E-state index contributed by atoms with van der Waals surface area (Å²) in [4.78, 5) is 37.9. The number of carbonyl (C=O) groups excluding carboxylic acids is 3. The standard InChI is InChI=1S/C61H110O6/c1-4-7-10-13-16-18-20-22-24-26-28-29-30-31-33-34-36-38-40-42-45-48-51-54-60(63)66-57-58(56-65-59(62)53-50-47-44-15-12-9-6-3)67-61(64)55-52-49-46-43-41-39-37-35-32-27-25-23-21-19-17-14-11-8-5-2/h17,19,23,25-26,28,32,35,58H,4-16,18,20-22,24,27,29-31,33-34,36-57H2,1-3H3/b19-17-,25-23-,28-26-,35-32-. The molecule has 0 aromatic rings. The summed E-state index contributed by atoms with van der Waals surface area (Å²) < 4.78 is 16.8. The molecule has 6 nitrogen and oxygen atoms in total. The Hall–Kier alpha value is -2.63. The molecule has 0 spiro atoms. The molecule has 0 aromatic heterocycles. The van der Waals surface area contributed by atoms with E-state index in [0.29, 0.717) is 19.3 Å². The molecule has 0 aliphatic carbocycles. The van der Waals surface area contributed by atoms with Gasteiger partial charge in [0.25, 0.3) is 0 Å². The van der Waals surface area contributed by atoms with Gasteiger partial charge in [-0.05, 0) is 83.5 Å². The van der Waals surface area contributed by atoms with Crippen LogP contribution in [0, 0.1) is 0 Å². The van der Waals surface area contributed by atoms with Gasteiger partial charge in [-0.3, -0.25) is 14.4 Å². The zero-order valence-electron chi connectivity index (χ0n) is 44.7. The highest BCUT2D eigenvalue weighted by Crippen LogP contribution is 2.16. The number of ether oxygens (including phenoxy) is 3. The second-order valence-electron chi connectivity index (χ2n) is 19.6. The van der Waals surface area contributed by atoms with Crippen molar-refractivity contribution in [2.45, 2.75) is 309 Å². The van der Waals surface area contributed by atoms with E-state index in [1.807, 2.05) is 0 Å². The Bertz CT molecular complexity index is 1170. The summed E-state index contributed by atoms with van der Waals surface area (Å²) >= 11 is 0. The van der Waals surface area contributed by atoms with Crippen LogP contribution in [0.4, 0.5) is 0 Å². The van der Waals surface area contributed by atoms with Crippen molar-refractivity contribution in [2.24, 2.45) is 0 Å². The van der Waals surface area contributed by atoms with Gasteiger partial charge >= 0.3 is 17.9 Å². The van der Waals surface area contributed by atoms with E-state index in [-0.39, 0.29) is 31.1 Å². The zero-order valence-corrected chi connectivity index (χ0v) is 44.7. The van der Waals surface area contributed by atoms with Gasteiger partial charge in [-0.15, -0.1) is 0 Å². The molecule has 0 fully saturated rings. The summed E-state index contributed by atoms with van der Waals surface area (Å²) in [5.41, 5.74) is 0. The van der Waals surface area contributed by atoms with Crippen LogP contribution < -0.4 is 0 Å². The van der Waals surface area contributed by atoms with E-state index in [9.17, 15) is 14.4 Å². The van der Waals surface area contributed by atoms with E-state index in [2.05, 4.69) is 69.4 Å². The van der Waals surface area contributed by atoms with Crippen LogP contribution in [0.1, 0.15) is 303 Å². The molecular formula is C61H110O6. The van der Waals surface area contributed by atoms with Gasteiger partial charge in [-0.1, -0.05) is 249 Å². The molecule has 67 heavy (non-hydrogen) atoms. The molecule has 0 heterocycles. The molecule has 0 radical (unpaired) electrons. The number of esters is 3. The maximum Gasteiger partial charge on any atom is 0.306 e. The Balaban J connectivity index is 4.18. The molecule has 0 aliphatic rings. The van der Waals surface area contributed by atoms with Gasteiger partial charge in [-0.2, -0.15) is 0 Å². The van der Waals surface area contributed by atoms with Crippen molar-refractivity contribution in [1.82, 2.24) is 0 Å². The molecule has 390 valence electrons. The van der Waals surface area contributed by atoms with Crippen molar-refractivity contribution in [3.05, 3.63) is 48.6 Å². The first-order valence-electron chi connectivity index (χ1n) is 29.1. The lowest BCUT2D eigenvalue weighted by molar-refractivity contribution is -0.167. The fourth-order valence-corrected chi connectivity index (χ4v) is 8.39. The monoisotopic (exact) mass is 939 g/mol. The molecule has 0 bridgehead atoms. The van der Waals surface area contributed by atoms with Gasteiger partial charge in [0.15, 0.2) is 6.10 Å². The maximum atomic E-state index is 12.8. The topological polar surface area (TPSA) is 78.9 Å². The second kappa shape index (κ2) is 56.0. The highest BCUT2D eigenvalue weighted by molar-refractivity contribution is 5.71. The summed E-state index contributed by atoms with van der Waals surface area (Å²) in [5.74, 6) is -0.885. The maximum absolute atomic E-state index is 12.8. The van der Waals surface area contributed by atoms with Gasteiger partial charge in [0.1, 0.15) is 13.2 Å². The number of unbranched alkanes of at least 4 members (excludes halogenated alkanes) is 34. The Labute approximate surface area is 416 Å². The third-order valence-electron chi connectivity index (χ3n) is 12.8. The third-order valence-corrected chi connectivity index (χ3v) is 12.8. The molecule has 1 atom stereocenters. The molecule has 0 amide bonds. The van der Waals surface area contributed by atoms with E-state index in [4.69, 9.17) is 14.2 Å². The van der Waals surface area contributed by atoms with Crippen LogP contribution in [-0.2, 0) is 28.6 Å². The first-order chi connectivity index (χ1) is 33.0. The van der Waals surface area contributed by atoms with Crippen LogP contribution in [0.5, 0.6) is 0 Å². The van der Waals surface area contributed by atoms with Gasteiger partial charge in [0, 0.05) is 19.3 Å². The number of hydrogen-bond acceptors (Lipinski definition) is 6. The minimum atomic E-state index is -0.777. The number of hydrogen-bond donors (Lipinski definition) is 0. The lowest BCUT2D eigenvalue weighted by Crippen LogP contribution is -2.30. The van der Waals surface area contributed by atoms with Crippen molar-refractivity contribution in [3.63, 3.8) is 0 Å². The van der Waals surface area contributed by atoms with Crippen LogP contribution in [0.3, 0.4) is 0 Å². The van der Waals surface area contributed by atoms with Crippen molar-refractivity contribution in [3.8, 4) is 0 Å². The lowest BCUT2D eigenvalue weighted by atomic mass is 10.0. The predicted octanol–water partition coefficient (Wildman–Crippen LogP) is 19.4. The number of allylic oxidation sites excluding steroid dienone is 8. The van der Waals surface area contributed by atoms with Gasteiger partial charge in [0.2, 0.25) is 0 Å². The Kier molecular flexibility index (Phi) is 53.8. The second-order valence-corrected chi connectivity index (χ2v) is 19.6. The van der Waals surface area contributed by atoms with Crippen molar-refractivity contribution >= 4 is 17.9 Å². The summed E-state index contributed by atoms with van der Waals surface area (Å²) in [6.07, 6.45) is 68.4. The van der Waals surface area contributed by atoms with Gasteiger partial charge in [-0.25, -0.2) is 0 Å². The van der Waals surface area contributed by atoms with Crippen LogP contribution in [0.2, 0.25) is 0 Å². The van der Waals surface area contributed by atoms with E-state index >= 15 is 0 Å². The molecule has 6 heteroatoms. The molecule has 0 rings (SSSR count). The normalized spacial score (nSPS) is 12.3. The SMILES string of the molecule is CCCCC/C=C\C/C=C\C/C=C\CCCCCCCCC(=O)OC(COC(=O)CCCCCCCCC)COC(=O)CCCCCCCCCCCCC/C=C\CCCCCCCCCC. The Morgan fingerprint density at radius 1 is 0.299 bits per heavy atom. The van der Waals surface area contributed by atoms with Crippen LogP contribution in [0.15, 0.2) is 48.6 Å². The van der Waals surface area contributed by atoms with Crippen LogP contribution in [0.25, 0.3) is 0 Å². The van der Waals surface area contributed by atoms with E-state index in [0.717, 1.165) is 77.0 Å². The summed E-state index contributed by atoms with van der Waals surface area (Å²) in [6.45, 7) is 6.59. The first-order valence-corrected chi connectivity index (χ1v) is 29.1. The van der Waals surface area contributed by atoms with Crippen molar-refractivity contribution < 1.29 is 28.6 Å². The van der Waals surface area contributed by atoms with Crippen LogP contribution in [-0.4, -0.2) is 37.2 Å². The molecule has 0 aromatic carbocycles. The molecule has 0 N–H and O–H groups in total. The predicted molar refractivity (Wildman–Crippen MR) is 289 cm³/mol. The first kappa shape index (κ1) is 64.4. The average molecular weight is 940 g/mol. The lowest BCUT2D eigenvalue weighted by Gasteiger charge is -2.18. The van der Waals surface area contributed by atoms with Crippen LogP contribution >= 0.6 is 0 Å². The number of carbonyl (C=O) groups is 3. The molecule has 1 unspecified atom stereocenters. The largest absolute Gasteiger partial charge is 0.462 e. The highest BCUT2D eigenvalue weighted by atomic mass is 16.6. The summed E-state index contributed by atoms with van der Waals surface area (Å²) in [6, 6.07) is 0. The van der Waals surface area contributed by atoms with E-state index in [1.165, 1.54) is 186 Å². The molecule has 0 aliphatic heterocycles. The fourth-order valence-electron chi connectivity index (χ4n) is 8.39. The zero-order chi connectivity index (χ0) is 48.6. The smallest absolute Gasteiger partial charge is 0.306 e. The molecule has 0 saturated heterocycles. The van der Waals surface area contributed by atoms with Gasteiger partial charge < -0.3 is 14.2 Å². The summed E-state index contributed by atoms with van der Waals surface area (Å²) in [7, 11) is 0. The summed E-state index contributed by atoms with van der Waals surface area (Å²) in [5, 5.41) is 0. The van der Waals surface area contributed by atoms with Crippen molar-refractivity contribution in [2.75, 3.05) is 13.2 Å². The molecular weight excluding hydrogens is 829 g/mol. The minimum absolute atomic E-state index is 0.0768. The molecule has 0 saturated carbocycles. The third kappa shape index (κ3) is 54.2. The van der Waals surface area contributed by atoms with E-state index in [1.54, 1.807) is 0 Å². The average Bonchev–Trinajstić information content (AvgIpc) is 3.33. The quantitative estimate of drug-likeness (QED) is 0.0262. The highest BCUT2D eigenvalue weighted by Gasteiger charge is 2.19. The number of rotatable bonds is 53. The fraction of sp³-hybridized carbons (Fsp3) is 0.820. The van der Waals surface area contributed by atoms with Crippen molar-refractivity contribution in [1.29, 1.82) is 0 Å².